The van der Waals surface area contributed by atoms with Crippen molar-refractivity contribution in [1.82, 2.24) is 10.6 Å². The van der Waals surface area contributed by atoms with Gasteiger partial charge in [-0.15, -0.1) is 0 Å². The molecule has 2 aliphatic rings. The van der Waals surface area contributed by atoms with E-state index in [4.69, 9.17) is 8.83 Å². The van der Waals surface area contributed by atoms with Crippen LogP contribution in [0.5, 0.6) is 0 Å². The van der Waals surface area contributed by atoms with Crippen LogP contribution in [-0.4, -0.2) is 81.7 Å². The van der Waals surface area contributed by atoms with Crippen LogP contribution >= 0.6 is 0 Å². The van der Waals surface area contributed by atoms with Crippen molar-refractivity contribution in [1.29, 1.82) is 0 Å². The monoisotopic (exact) mass is 812 g/mol. The molecule has 4 aromatic carbocycles. The normalized spacial score (nSPS) is 15.3. The number of piperazine rings is 2. The fourth-order valence-electron chi connectivity index (χ4n) is 7.27. The maximum absolute atomic E-state index is 14.4. The van der Waals surface area contributed by atoms with E-state index < -0.39 is 42.9 Å². The molecule has 4 heterocycles. The summed E-state index contributed by atoms with van der Waals surface area (Å²) in [5.41, 5.74) is 3.61. The van der Waals surface area contributed by atoms with Crippen molar-refractivity contribution < 1.29 is 43.2 Å². The molecule has 2 N–H and O–H groups in total. The lowest BCUT2D eigenvalue weighted by Gasteiger charge is -2.29. The van der Waals surface area contributed by atoms with Crippen LogP contribution in [0, 0.1) is 23.3 Å². The van der Waals surface area contributed by atoms with Gasteiger partial charge < -0.3 is 29.3 Å². The second kappa shape index (κ2) is 15.9. The van der Waals surface area contributed by atoms with E-state index in [1.54, 1.807) is 24.3 Å². The Labute approximate surface area is 321 Å². The van der Waals surface area contributed by atoms with Crippen LogP contribution in [0.15, 0.2) is 91.8 Å². The molecule has 2 fully saturated rings. The summed E-state index contributed by atoms with van der Waals surface area (Å²) in [5, 5.41) is 6.86. The number of nitrogens with zero attached hydrogens (tertiary/aromatic N) is 2. The zero-order valence-corrected chi connectivity index (χ0v) is 32.3. The van der Waals surface area contributed by atoms with E-state index in [2.05, 4.69) is 10.6 Å². The number of furan rings is 2. The summed E-state index contributed by atoms with van der Waals surface area (Å²) < 4.78 is 117. The molecule has 2 aliphatic heterocycles. The van der Waals surface area contributed by atoms with E-state index in [-0.39, 0.29) is 23.0 Å². The zero-order chi connectivity index (χ0) is 39.8. The number of anilines is 2. The minimum Gasteiger partial charge on any atom is -0.442 e. The molecule has 0 aliphatic carbocycles. The van der Waals surface area contributed by atoms with Crippen LogP contribution in [-0.2, 0) is 32.5 Å². The summed E-state index contributed by atoms with van der Waals surface area (Å²) in [4.78, 5) is 3.95. The first-order valence-electron chi connectivity index (χ1n) is 18.0. The van der Waals surface area contributed by atoms with Gasteiger partial charge in [0.1, 0.15) is 23.3 Å². The second-order valence-corrected chi connectivity index (χ2v) is 17.8. The molecular weight excluding hydrogens is 773 g/mol. The summed E-state index contributed by atoms with van der Waals surface area (Å²) in [7, 11) is -7.40. The maximum atomic E-state index is 14.4. The Morgan fingerprint density at radius 1 is 0.554 bits per heavy atom. The van der Waals surface area contributed by atoms with E-state index in [9.17, 15) is 34.4 Å². The number of hydrogen-bond donors (Lipinski definition) is 2. The first-order valence-corrected chi connectivity index (χ1v) is 21.7. The van der Waals surface area contributed by atoms with Crippen molar-refractivity contribution in [3.8, 4) is 0 Å². The van der Waals surface area contributed by atoms with E-state index in [0.717, 1.165) is 38.7 Å². The molecule has 2 aromatic heterocycles. The molecule has 0 amide bonds. The van der Waals surface area contributed by atoms with Gasteiger partial charge >= 0.3 is 0 Å². The van der Waals surface area contributed by atoms with Crippen molar-refractivity contribution in [3.05, 3.63) is 118 Å². The van der Waals surface area contributed by atoms with Gasteiger partial charge in [-0.1, -0.05) is 24.3 Å². The summed E-state index contributed by atoms with van der Waals surface area (Å²) in [5.74, 6) is -1.78. The van der Waals surface area contributed by atoms with Crippen LogP contribution < -0.4 is 20.4 Å². The first kappa shape index (κ1) is 39.3. The lowest BCUT2D eigenvalue weighted by atomic mass is 10.0. The largest absolute Gasteiger partial charge is 0.442 e. The van der Waals surface area contributed by atoms with Crippen molar-refractivity contribution in [2.45, 2.75) is 23.0 Å². The first-order chi connectivity index (χ1) is 26.7. The molecule has 0 unspecified atom stereocenters. The molecule has 0 spiro atoms. The third kappa shape index (κ3) is 8.57. The van der Waals surface area contributed by atoms with E-state index >= 15 is 0 Å². The highest BCUT2D eigenvalue weighted by molar-refractivity contribution is 7.90. The number of halogens is 4. The number of nitrogens with one attached hydrogen (secondary N) is 2. The lowest BCUT2D eigenvalue weighted by Crippen LogP contribution is -2.43. The van der Waals surface area contributed by atoms with Crippen molar-refractivity contribution in [3.63, 3.8) is 0 Å². The molecule has 0 atom stereocenters. The number of sulfone groups is 2. The zero-order valence-electron chi connectivity index (χ0n) is 30.7. The molecule has 0 saturated carbocycles. The van der Waals surface area contributed by atoms with Gasteiger partial charge in [0.2, 0.25) is 29.9 Å². The molecular formula is C40H40F4N4O6S2. The van der Waals surface area contributed by atoms with E-state index in [1.165, 1.54) is 48.5 Å². The summed E-state index contributed by atoms with van der Waals surface area (Å²) in [6.45, 7) is 5.61. The van der Waals surface area contributed by atoms with Crippen LogP contribution in [0.2, 0.25) is 0 Å². The van der Waals surface area contributed by atoms with Gasteiger partial charge in [-0.05, 0) is 47.5 Å². The minimum absolute atomic E-state index is 0.123. The van der Waals surface area contributed by atoms with Crippen molar-refractivity contribution in [2.75, 3.05) is 74.7 Å². The average Bonchev–Trinajstić information content (AvgIpc) is 3.70. The lowest BCUT2D eigenvalue weighted by molar-refractivity contribution is 0.476. The van der Waals surface area contributed by atoms with Gasteiger partial charge in [0.15, 0.2) is 11.2 Å². The molecule has 6 aromatic rings. The molecule has 296 valence electrons. The standard InChI is InChI=1S/2C20H20F2N2O3S/c2*1-28(25,26)20-17(10-13-3-2-4-14(21)9-13)16-11-15(22)12-18(19(16)27-20)24-7-5-23-6-8-24/h2*2-4,9,11-12,23H,5-8,10H2,1H3. The fourth-order valence-corrected chi connectivity index (χ4v) is 9.00. The SMILES string of the molecule is CS(=O)(=O)c1oc2c(N3CCNCC3)cc(F)cc2c1Cc1cccc(F)c1.CS(=O)(=O)c1oc2c(N3CCNCC3)cc(F)cc2c1Cc1cccc(F)c1. The van der Waals surface area contributed by atoms with E-state index in [1.807, 2.05) is 9.80 Å². The number of hydrogen-bond acceptors (Lipinski definition) is 10. The summed E-state index contributed by atoms with van der Waals surface area (Å²) in [6, 6.07) is 17.1. The highest BCUT2D eigenvalue weighted by Gasteiger charge is 2.28. The average molecular weight is 813 g/mol. The summed E-state index contributed by atoms with van der Waals surface area (Å²) in [6.07, 6.45) is 2.36. The van der Waals surface area contributed by atoms with Gasteiger partial charge in [0, 0.05) is 112 Å². The minimum atomic E-state index is -3.70. The fraction of sp³-hybridized carbons (Fsp3) is 0.300. The number of fused-ring (bicyclic) bond motifs is 2. The van der Waals surface area contributed by atoms with E-state index in [0.29, 0.717) is 81.7 Å². The molecule has 0 bridgehead atoms. The molecule has 10 nitrogen and oxygen atoms in total. The van der Waals surface area contributed by atoms with Crippen LogP contribution in [0.3, 0.4) is 0 Å². The highest BCUT2D eigenvalue weighted by Crippen LogP contribution is 2.39. The Kier molecular flexibility index (Phi) is 11.2. The maximum Gasteiger partial charge on any atom is 0.222 e. The van der Waals surface area contributed by atoms with Crippen molar-refractivity contribution >= 4 is 53.0 Å². The van der Waals surface area contributed by atoms with Gasteiger partial charge in [-0.3, -0.25) is 0 Å². The molecule has 56 heavy (non-hydrogen) atoms. The second-order valence-electron chi connectivity index (χ2n) is 14.0. The Bertz CT molecular complexity index is 2450. The van der Waals surface area contributed by atoms with Gasteiger partial charge in [0.25, 0.3) is 0 Å². The van der Waals surface area contributed by atoms with Crippen LogP contribution in [0.4, 0.5) is 28.9 Å². The molecule has 0 radical (unpaired) electrons. The number of benzene rings is 4. The Balaban J connectivity index is 0.000000172. The molecule has 16 heteroatoms. The quantitative estimate of drug-likeness (QED) is 0.171. The Morgan fingerprint density at radius 3 is 1.27 bits per heavy atom. The third-order valence-electron chi connectivity index (χ3n) is 9.73. The van der Waals surface area contributed by atoms with Gasteiger partial charge in [0.05, 0.1) is 11.4 Å². The smallest absolute Gasteiger partial charge is 0.222 e. The van der Waals surface area contributed by atoms with Crippen LogP contribution in [0.25, 0.3) is 21.9 Å². The predicted octanol–water partition coefficient (Wildman–Crippen LogP) is 6.23. The summed E-state index contributed by atoms with van der Waals surface area (Å²) >= 11 is 0. The molecule has 2 saturated heterocycles. The number of rotatable bonds is 8. The van der Waals surface area contributed by atoms with Gasteiger partial charge in [-0.25, -0.2) is 34.4 Å². The van der Waals surface area contributed by atoms with Crippen molar-refractivity contribution in [2.24, 2.45) is 0 Å². The Morgan fingerprint density at radius 2 is 0.929 bits per heavy atom. The topological polar surface area (TPSA) is 125 Å². The Hall–Kier alpha value is -4.90. The third-order valence-corrected chi connectivity index (χ3v) is 11.7. The van der Waals surface area contributed by atoms with Gasteiger partial charge in [-0.2, -0.15) is 0 Å². The van der Waals surface area contributed by atoms with Crippen LogP contribution in [0.1, 0.15) is 22.3 Å². The highest BCUT2D eigenvalue weighted by atomic mass is 32.2. The molecule has 8 rings (SSSR count). The predicted molar refractivity (Wildman–Crippen MR) is 207 cm³/mol.